The molecule has 0 saturated carbocycles. The van der Waals surface area contributed by atoms with E-state index in [1.54, 1.807) is 7.11 Å². The maximum atomic E-state index is 13.3. The summed E-state index contributed by atoms with van der Waals surface area (Å²) in [6.07, 6.45) is 3.79. The highest BCUT2D eigenvalue weighted by atomic mass is 16.5. The number of carbonyl (C=O) groups is 1. The largest absolute Gasteiger partial charge is 0.497 e. The summed E-state index contributed by atoms with van der Waals surface area (Å²) in [7, 11) is 1.66. The highest BCUT2D eigenvalue weighted by molar-refractivity contribution is 5.96. The van der Waals surface area contributed by atoms with Crippen LogP contribution in [0.3, 0.4) is 0 Å². The molecule has 0 N–H and O–H groups in total. The third-order valence-corrected chi connectivity index (χ3v) is 6.58. The lowest BCUT2D eigenvalue weighted by Crippen LogP contribution is -2.44. The van der Waals surface area contributed by atoms with Crippen molar-refractivity contribution in [2.75, 3.05) is 36.5 Å². The molecule has 0 spiro atoms. The number of fused-ring (bicyclic) bond motifs is 1. The van der Waals surface area contributed by atoms with Crippen LogP contribution in [0.1, 0.15) is 24.8 Å². The van der Waals surface area contributed by atoms with Gasteiger partial charge in [0.25, 0.3) is 0 Å². The Morgan fingerprint density at radius 1 is 0.938 bits per heavy atom. The van der Waals surface area contributed by atoms with Gasteiger partial charge in [-0.05, 0) is 73.7 Å². The number of methoxy groups -OCH3 is 1. The minimum absolute atomic E-state index is 0.0731. The molecule has 6 nitrogen and oxygen atoms in total. The number of anilines is 2. The molecule has 0 radical (unpaired) electrons. The summed E-state index contributed by atoms with van der Waals surface area (Å²) in [5.41, 5.74) is 4.24. The number of ether oxygens (including phenoxy) is 1. The molecule has 2 aliphatic heterocycles. The average molecular weight is 429 g/mol. The number of hydrogen-bond acceptors (Lipinski definition) is 5. The second kappa shape index (κ2) is 8.99. The average Bonchev–Trinajstić information content (AvgIpc) is 2.88. The van der Waals surface area contributed by atoms with Crippen molar-refractivity contribution in [1.82, 2.24) is 10.2 Å². The second-order valence-electron chi connectivity index (χ2n) is 8.49. The van der Waals surface area contributed by atoms with E-state index in [4.69, 9.17) is 4.74 Å². The number of piperidine rings is 1. The van der Waals surface area contributed by atoms with Crippen molar-refractivity contribution in [2.24, 2.45) is 5.92 Å². The Kier molecular flexibility index (Phi) is 5.75. The molecule has 0 aliphatic carbocycles. The number of hydrogen-bond donors (Lipinski definition) is 0. The van der Waals surface area contributed by atoms with E-state index in [2.05, 4.69) is 33.3 Å². The van der Waals surface area contributed by atoms with Gasteiger partial charge in [-0.25, -0.2) is 0 Å². The molecule has 2 aromatic carbocycles. The van der Waals surface area contributed by atoms with Gasteiger partial charge in [0.15, 0.2) is 5.82 Å². The third-order valence-electron chi connectivity index (χ3n) is 6.58. The van der Waals surface area contributed by atoms with Gasteiger partial charge in [-0.2, -0.15) is 0 Å². The van der Waals surface area contributed by atoms with E-state index in [-0.39, 0.29) is 11.8 Å². The molecule has 0 unspecified atom stereocenters. The Morgan fingerprint density at radius 2 is 1.72 bits per heavy atom. The third kappa shape index (κ3) is 4.05. The smallest absolute Gasteiger partial charge is 0.230 e. The van der Waals surface area contributed by atoms with Crippen LogP contribution < -0.4 is 14.5 Å². The lowest BCUT2D eigenvalue weighted by Gasteiger charge is -2.36. The molecule has 3 heterocycles. The number of carbonyl (C=O) groups excluding carboxylic acids is 1. The quantitative estimate of drug-likeness (QED) is 0.618. The highest BCUT2D eigenvalue weighted by Gasteiger charge is 2.31. The molecular weight excluding hydrogens is 400 g/mol. The minimum Gasteiger partial charge on any atom is -0.497 e. The lowest BCUT2D eigenvalue weighted by molar-refractivity contribution is -0.123. The van der Waals surface area contributed by atoms with E-state index < -0.39 is 0 Å². The number of nitrogens with zero attached hydrogens (tertiary/aromatic N) is 4. The molecule has 5 rings (SSSR count). The zero-order chi connectivity index (χ0) is 21.9. The van der Waals surface area contributed by atoms with Gasteiger partial charge in [-0.3, -0.25) is 4.79 Å². The first kappa shape index (κ1) is 20.5. The minimum atomic E-state index is 0.0731. The number of rotatable bonds is 4. The van der Waals surface area contributed by atoms with Crippen molar-refractivity contribution >= 4 is 17.4 Å². The topological polar surface area (TPSA) is 58.6 Å². The van der Waals surface area contributed by atoms with Crippen LogP contribution in [0.15, 0.2) is 60.7 Å². The maximum Gasteiger partial charge on any atom is 0.230 e. The summed E-state index contributed by atoms with van der Waals surface area (Å²) in [5, 5.41) is 8.88. The molecule has 1 aromatic heterocycles. The van der Waals surface area contributed by atoms with Crippen LogP contribution in [0.4, 0.5) is 11.5 Å². The van der Waals surface area contributed by atoms with Crippen LogP contribution in [-0.4, -0.2) is 42.8 Å². The fourth-order valence-corrected chi connectivity index (χ4v) is 4.75. The molecule has 164 valence electrons. The Morgan fingerprint density at radius 3 is 2.44 bits per heavy atom. The summed E-state index contributed by atoms with van der Waals surface area (Å²) in [5.74, 6) is 2.04. The Bertz CT molecular complexity index is 1070. The summed E-state index contributed by atoms with van der Waals surface area (Å²) in [6, 6.07) is 20.2. The van der Waals surface area contributed by atoms with Gasteiger partial charge >= 0.3 is 0 Å². The maximum absolute atomic E-state index is 13.3. The number of amides is 1. The van der Waals surface area contributed by atoms with Gasteiger partial charge in [0.2, 0.25) is 5.91 Å². The Hall–Kier alpha value is -3.41. The van der Waals surface area contributed by atoms with Crippen molar-refractivity contribution in [3.8, 4) is 17.0 Å². The van der Waals surface area contributed by atoms with Crippen LogP contribution in [-0.2, 0) is 11.2 Å². The molecule has 3 aromatic rings. The summed E-state index contributed by atoms with van der Waals surface area (Å²) >= 11 is 0. The number of para-hydroxylation sites is 1. The fourth-order valence-electron chi connectivity index (χ4n) is 4.75. The molecule has 1 saturated heterocycles. The van der Waals surface area contributed by atoms with E-state index in [0.717, 1.165) is 73.8 Å². The van der Waals surface area contributed by atoms with Crippen molar-refractivity contribution in [2.45, 2.75) is 25.7 Å². The van der Waals surface area contributed by atoms with Crippen molar-refractivity contribution in [1.29, 1.82) is 0 Å². The molecule has 0 bridgehead atoms. The zero-order valence-corrected chi connectivity index (χ0v) is 18.4. The monoisotopic (exact) mass is 428 g/mol. The van der Waals surface area contributed by atoms with Crippen LogP contribution in [0.5, 0.6) is 5.75 Å². The van der Waals surface area contributed by atoms with Crippen LogP contribution in [0.25, 0.3) is 11.3 Å². The van der Waals surface area contributed by atoms with Crippen molar-refractivity contribution < 1.29 is 9.53 Å². The van der Waals surface area contributed by atoms with Gasteiger partial charge < -0.3 is 14.5 Å². The number of benzene rings is 2. The van der Waals surface area contributed by atoms with E-state index >= 15 is 0 Å². The highest BCUT2D eigenvalue weighted by Crippen LogP contribution is 2.31. The van der Waals surface area contributed by atoms with Gasteiger partial charge in [-0.1, -0.05) is 18.2 Å². The zero-order valence-electron chi connectivity index (χ0n) is 18.4. The van der Waals surface area contributed by atoms with Crippen LogP contribution in [0, 0.1) is 5.92 Å². The lowest BCUT2D eigenvalue weighted by atomic mass is 9.93. The molecule has 2 aliphatic rings. The first-order chi connectivity index (χ1) is 15.7. The predicted octanol–water partition coefficient (Wildman–Crippen LogP) is 4.35. The molecular formula is C26H28N4O2. The molecule has 32 heavy (non-hydrogen) atoms. The summed E-state index contributed by atoms with van der Waals surface area (Å²) in [6.45, 7) is 2.47. The predicted molar refractivity (Wildman–Crippen MR) is 126 cm³/mol. The Labute approximate surface area is 188 Å². The van der Waals surface area contributed by atoms with Gasteiger partial charge in [0.05, 0.1) is 12.8 Å². The molecule has 1 amide bonds. The number of aromatic nitrogens is 2. The Balaban J connectivity index is 1.22. The molecule has 0 atom stereocenters. The first-order valence-electron chi connectivity index (χ1n) is 11.4. The van der Waals surface area contributed by atoms with Crippen LogP contribution in [0.2, 0.25) is 0 Å². The SMILES string of the molecule is COc1ccc(-c2ccc(N3CCC(C(=O)N4CCCc5ccccc54)CC3)nn2)cc1. The normalized spacial score (nSPS) is 16.5. The number of aryl methyl sites for hydroxylation is 1. The summed E-state index contributed by atoms with van der Waals surface area (Å²) in [4.78, 5) is 17.5. The van der Waals surface area contributed by atoms with Crippen molar-refractivity contribution in [3.05, 3.63) is 66.2 Å². The standard InChI is InChI=1S/C26H28N4O2/c1-32-22-10-8-19(9-11-22)23-12-13-25(28-27-23)29-17-14-21(15-18-29)26(31)30-16-4-6-20-5-2-3-7-24(20)30/h2-3,5,7-13,21H,4,6,14-18H2,1H3. The van der Waals surface area contributed by atoms with Gasteiger partial charge in [-0.15, -0.1) is 10.2 Å². The van der Waals surface area contributed by atoms with E-state index in [0.29, 0.717) is 0 Å². The van der Waals surface area contributed by atoms with Gasteiger partial charge in [0.1, 0.15) is 5.75 Å². The first-order valence-corrected chi connectivity index (χ1v) is 11.4. The van der Waals surface area contributed by atoms with Crippen LogP contribution >= 0.6 is 0 Å². The fraction of sp³-hybridized carbons (Fsp3) is 0.346. The van der Waals surface area contributed by atoms with E-state index in [1.807, 2.05) is 47.4 Å². The van der Waals surface area contributed by atoms with E-state index in [1.165, 1.54) is 5.56 Å². The van der Waals surface area contributed by atoms with Crippen molar-refractivity contribution in [3.63, 3.8) is 0 Å². The molecule has 1 fully saturated rings. The summed E-state index contributed by atoms with van der Waals surface area (Å²) < 4.78 is 5.22. The molecule has 6 heteroatoms. The van der Waals surface area contributed by atoms with E-state index in [9.17, 15) is 4.79 Å². The second-order valence-corrected chi connectivity index (χ2v) is 8.49. The van der Waals surface area contributed by atoms with Gasteiger partial charge in [0, 0.05) is 36.8 Å².